The molecule has 0 fully saturated rings. The molecule has 2 heteroatoms. The number of rotatable bonds is 0. The largest absolute Gasteiger partial charge is 0.303 e. The zero-order valence-corrected chi connectivity index (χ0v) is 7.49. The van der Waals surface area contributed by atoms with E-state index >= 15 is 0 Å². The molecule has 2 aromatic rings. The van der Waals surface area contributed by atoms with Crippen LogP contribution in [0.15, 0.2) is 30.5 Å². The molecule has 0 aliphatic carbocycles. The Morgan fingerprint density at radius 1 is 1.31 bits per heavy atom. The summed E-state index contributed by atoms with van der Waals surface area (Å²) in [5, 5.41) is 0. The fourth-order valence-corrected chi connectivity index (χ4v) is 1.95. The van der Waals surface area contributed by atoms with Crippen LogP contribution in [0.3, 0.4) is 0 Å². The number of benzene rings is 1. The van der Waals surface area contributed by atoms with Crippen molar-refractivity contribution in [2.24, 2.45) is 0 Å². The summed E-state index contributed by atoms with van der Waals surface area (Å²) in [6.45, 7) is 2.04. The topological polar surface area (TPSA) is 17.8 Å². The Morgan fingerprint density at radius 2 is 2.15 bits per heavy atom. The smallest absolute Gasteiger partial charge is 0.118 e. The molecule has 1 aliphatic rings. The molecular weight excluding hydrogens is 160 g/mol. The summed E-state index contributed by atoms with van der Waals surface area (Å²) in [7, 11) is 0. The van der Waals surface area contributed by atoms with E-state index in [1.807, 2.05) is 6.92 Å². The highest BCUT2D eigenvalue weighted by molar-refractivity contribution is 5.48. The van der Waals surface area contributed by atoms with Crippen LogP contribution in [-0.2, 0) is 6.42 Å². The molecule has 13 heavy (non-hydrogen) atoms. The lowest BCUT2D eigenvalue weighted by Gasteiger charge is -1.98. The maximum absolute atomic E-state index is 4.47. The zero-order chi connectivity index (χ0) is 8.84. The molecule has 3 rings (SSSR count). The van der Waals surface area contributed by atoms with Gasteiger partial charge in [-0.15, -0.1) is 0 Å². The number of imidazole rings is 1. The van der Waals surface area contributed by atoms with Crippen molar-refractivity contribution in [1.29, 1.82) is 0 Å². The van der Waals surface area contributed by atoms with Crippen LogP contribution in [0.2, 0.25) is 0 Å². The van der Waals surface area contributed by atoms with Crippen molar-refractivity contribution in [3.05, 3.63) is 47.5 Å². The van der Waals surface area contributed by atoms with E-state index in [1.165, 1.54) is 17.1 Å². The first-order chi connectivity index (χ1) is 6.34. The molecule has 2 heterocycles. The SMILES string of the molecule is Cc1cn2c(n1)Cc1ccccc1-2. The average molecular weight is 170 g/mol. The first kappa shape index (κ1) is 6.89. The number of hydrogen-bond donors (Lipinski definition) is 0. The Bertz CT molecular complexity index is 469. The minimum Gasteiger partial charge on any atom is -0.303 e. The predicted octanol–water partition coefficient (Wildman–Crippen LogP) is 2.08. The van der Waals surface area contributed by atoms with Crippen molar-refractivity contribution in [3.8, 4) is 5.69 Å². The third-order valence-electron chi connectivity index (χ3n) is 2.50. The van der Waals surface area contributed by atoms with Crippen molar-refractivity contribution in [2.75, 3.05) is 0 Å². The molecular formula is C11H10N2. The Labute approximate surface area is 76.9 Å². The predicted molar refractivity (Wildman–Crippen MR) is 51.1 cm³/mol. The number of aromatic nitrogens is 2. The van der Waals surface area contributed by atoms with Crippen LogP contribution in [0.25, 0.3) is 5.69 Å². The highest BCUT2D eigenvalue weighted by Gasteiger charge is 2.18. The van der Waals surface area contributed by atoms with Gasteiger partial charge in [-0.3, -0.25) is 0 Å². The number of nitrogens with zero attached hydrogens (tertiary/aromatic N) is 2. The van der Waals surface area contributed by atoms with E-state index in [-0.39, 0.29) is 0 Å². The standard InChI is InChI=1S/C11H10N2/c1-8-7-13-10-5-3-2-4-9(10)6-11(13)12-8/h2-5,7H,6H2,1H3. The number of fused-ring (bicyclic) bond motifs is 3. The lowest BCUT2D eigenvalue weighted by atomic mass is 10.1. The average Bonchev–Trinajstić information content (AvgIpc) is 2.60. The molecule has 0 atom stereocenters. The molecule has 1 aromatic heterocycles. The summed E-state index contributed by atoms with van der Waals surface area (Å²) in [4.78, 5) is 4.47. The molecule has 0 amide bonds. The lowest BCUT2D eigenvalue weighted by Crippen LogP contribution is -1.88. The summed E-state index contributed by atoms with van der Waals surface area (Å²) in [5.74, 6) is 1.17. The minimum absolute atomic E-state index is 0.976. The van der Waals surface area contributed by atoms with E-state index in [1.54, 1.807) is 0 Å². The van der Waals surface area contributed by atoms with E-state index in [2.05, 4.69) is 40.0 Å². The normalized spacial score (nSPS) is 12.7. The van der Waals surface area contributed by atoms with Crippen LogP contribution in [0.1, 0.15) is 17.1 Å². The van der Waals surface area contributed by atoms with Crippen molar-refractivity contribution >= 4 is 0 Å². The fraction of sp³-hybridized carbons (Fsp3) is 0.182. The Morgan fingerprint density at radius 3 is 3.08 bits per heavy atom. The van der Waals surface area contributed by atoms with Crippen molar-refractivity contribution < 1.29 is 0 Å². The Kier molecular flexibility index (Phi) is 1.18. The van der Waals surface area contributed by atoms with Gasteiger partial charge in [0.05, 0.1) is 11.4 Å². The molecule has 0 N–H and O–H groups in total. The van der Waals surface area contributed by atoms with Gasteiger partial charge in [-0.1, -0.05) is 18.2 Å². The van der Waals surface area contributed by atoms with Crippen LogP contribution in [-0.4, -0.2) is 9.55 Å². The van der Waals surface area contributed by atoms with Gasteiger partial charge < -0.3 is 4.57 Å². The van der Waals surface area contributed by atoms with E-state index in [0.29, 0.717) is 0 Å². The molecule has 0 bridgehead atoms. The van der Waals surface area contributed by atoms with Crippen LogP contribution in [0.4, 0.5) is 0 Å². The molecule has 64 valence electrons. The molecule has 0 saturated heterocycles. The monoisotopic (exact) mass is 170 g/mol. The second kappa shape index (κ2) is 2.22. The summed E-state index contributed by atoms with van der Waals surface area (Å²) in [6.07, 6.45) is 3.07. The molecule has 1 aliphatic heterocycles. The van der Waals surface area contributed by atoms with E-state index in [4.69, 9.17) is 0 Å². The van der Waals surface area contributed by atoms with Gasteiger partial charge in [0, 0.05) is 12.6 Å². The molecule has 0 saturated carbocycles. The highest BCUT2D eigenvalue weighted by atomic mass is 15.1. The van der Waals surface area contributed by atoms with Crippen LogP contribution >= 0.6 is 0 Å². The third kappa shape index (κ3) is 0.856. The summed E-state index contributed by atoms with van der Waals surface area (Å²) in [6, 6.07) is 8.47. The molecule has 0 radical (unpaired) electrons. The van der Waals surface area contributed by atoms with E-state index in [9.17, 15) is 0 Å². The minimum atomic E-state index is 0.976. The quantitative estimate of drug-likeness (QED) is 0.505. The van der Waals surface area contributed by atoms with E-state index < -0.39 is 0 Å². The Hall–Kier alpha value is -1.57. The van der Waals surface area contributed by atoms with Gasteiger partial charge in [-0.25, -0.2) is 4.98 Å². The van der Waals surface area contributed by atoms with Gasteiger partial charge >= 0.3 is 0 Å². The molecule has 0 unspecified atom stereocenters. The lowest BCUT2D eigenvalue weighted by molar-refractivity contribution is 0.994. The summed E-state index contributed by atoms with van der Waals surface area (Å²) >= 11 is 0. The van der Waals surface area contributed by atoms with Gasteiger partial charge in [0.25, 0.3) is 0 Å². The summed E-state index contributed by atoms with van der Waals surface area (Å²) in [5.41, 5.74) is 3.77. The molecule has 0 spiro atoms. The second-order valence-electron chi connectivity index (χ2n) is 3.47. The number of hydrogen-bond acceptors (Lipinski definition) is 1. The number of aryl methyl sites for hydroxylation is 1. The maximum atomic E-state index is 4.47. The van der Waals surface area contributed by atoms with Gasteiger partial charge in [0.1, 0.15) is 5.82 Å². The fourth-order valence-electron chi connectivity index (χ4n) is 1.95. The first-order valence-corrected chi connectivity index (χ1v) is 4.48. The molecule has 1 aromatic carbocycles. The number of para-hydroxylation sites is 1. The van der Waals surface area contributed by atoms with Gasteiger partial charge in [0.2, 0.25) is 0 Å². The third-order valence-corrected chi connectivity index (χ3v) is 2.50. The maximum Gasteiger partial charge on any atom is 0.118 e. The van der Waals surface area contributed by atoms with Crippen LogP contribution < -0.4 is 0 Å². The van der Waals surface area contributed by atoms with Gasteiger partial charge in [-0.05, 0) is 18.6 Å². The van der Waals surface area contributed by atoms with Gasteiger partial charge in [0.15, 0.2) is 0 Å². The molecule has 2 nitrogen and oxygen atoms in total. The summed E-state index contributed by atoms with van der Waals surface area (Å²) < 4.78 is 2.19. The van der Waals surface area contributed by atoms with Crippen molar-refractivity contribution in [3.63, 3.8) is 0 Å². The highest BCUT2D eigenvalue weighted by Crippen LogP contribution is 2.26. The van der Waals surface area contributed by atoms with Crippen molar-refractivity contribution in [2.45, 2.75) is 13.3 Å². The van der Waals surface area contributed by atoms with Crippen LogP contribution in [0.5, 0.6) is 0 Å². The Balaban J connectivity index is 2.30. The second-order valence-corrected chi connectivity index (χ2v) is 3.47. The van der Waals surface area contributed by atoms with Crippen molar-refractivity contribution in [1.82, 2.24) is 9.55 Å². The van der Waals surface area contributed by atoms with Gasteiger partial charge in [-0.2, -0.15) is 0 Å². The van der Waals surface area contributed by atoms with Crippen LogP contribution in [0, 0.1) is 6.92 Å². The first-order valence-electron chi connectivity index (χ1n) is 4.48. The zero-order valence-electron chi connectivity index (χ0n) is 7.49. The van der Waals surface area contributed by atoms with E-state index in [0.717, 1.165) is 12.1 Å².